The topological polar surface area (TPSA) is 26.0 Å². The smallest absolute Gasteiger partial charge is 0.123 e. The Labute approximate surface area is 126 Å². The number of nitrogens with two attached hydrogens (primary N) is 1. The van der Waals surface area contributed by atoms with E-state index in [9.17, 15) is 4.39 Å². The zero-order chi connectivity index (χ0) is 15.0. The molecule has 0 radical (unpaired) electrons. The van der Waals surface area contributed by atoms with Gasteiger partial charge in [0.1, 0.15) is 5.82 Å². The van der Waals surface area contributed by atoms with E-state index in [1.807, 2.05) is 19.9 Å². The van der Waals surface area contributed by atoms with Gasteiger partial charge in [-0.2, -0.15) is 0 Å². The zero-order valence-corrected chi connectivity index (χ0v) is 12.7. The van der Waals surface area contributed by atoms with Gasteiger partial charge in [0.15, 0.2) is 0 Å². The molecule has 0 aromatic heterocycles. The van der Waals surface area contributed by atoms with Crippen LogP contribution < -0.4 is 5.73 Å². The van der Waals surface area contributed by atoms with E-state index in [0.717, 1.165) is 29.5 Å². The van der Waals surface area contributed by atoms with Gasteiger partial charge in [0, 0.05) is 0 Å². The van der Waals surface area contributed by atoms with Crippen LogP contribution in [0.5, 0.6) is 0 Å². The van der Waals surface area contributed by atoms with Gasteiger partial charge in [0.2, 0.25) is 0 Å². The van der Waals surface area contributed by atoms with Crippen molar-refractivity contribution in [2.45, 2.75) is 45.1 Å². The highest BCUT2D eigenvalue weighted by Crippen LogP contribution is 2.31. The van der Waals surface area contributed by atoms with Crippen molar-refractivity contribution in [1.29, 1.82) is 0 Å². The van der Waals surface area contributed by atoms with Crippen LogP contribution in [0.3, 0.4) is 0 Å². The molecule has 0 fully saturated rings. The molecule has 0 bridgehead atoms. The third-order valence-corrected chi connectivity index (χ3v) is 4.59. The predicted molar refractivity (Wildman–Crippen MR) is 84.9 cm³/mol. The standard InChI is InChI=1S/C19H22FN/c1-13-9-17(12-18(20)10-13)19(2,21)16-8-7-14-5-3-4-6-15(14)11-16/h7-12H,3-6,21H2,1-2H3. The molecule has 1 atom stereocenters. The van der Waals surface area contributed by atoms with E-state index in [0.29, 0.717) is 0 Å². The van der Waals surface area contributed by atoms with E-state index in [1.165, 1.54) is 30.0 Å². The number of rotatable bonds is 2. The first-order chi connectivity index (χ1) is 9.96. The number of hydrogen-bond donors (Lipinski definition) is 1. The van der Waals surface area contributed by atoms with E-state index in [4.69, 9.17) is 5.73 Å². The van der Waals surface area contributed by atoms with Crippen LogP contribution in [-0.2, 0) is 18.4 Å². The molecule has 2 aromatic rings. The third-order valence-electron chi connectivity index (χ3n) is 4.59. The molecule has 0 heterocycles. The second-order valence-corrected chi connectivity index (χ2v) is 6.41. The molecule has 1 unspecified atom stereocenters. The van der Waals surface area contributed by atoms with Crippen molar-refractivity contribution >= 4 is 0 Å². The summed E-state index contributed by atoms with van der Waals surface area (Å²) in [4.78, 5) is 0. The minimum absolute atomic E-state index is 0.223. The second-order valence-electron chi connectivity index (χ2n) is 6.41. The third kappa shape index (κ3) is 2.73. The van der Waals surface area contributed by atoms with Gasteiger partial charge < -0.3 is 5.73 Å². The summed E-state index contributed by atoms with van der Waals surface area (Å²) < 4.78 is 13.7. The second kappa shape index (κ2) is 5.27. The molecule has 0 spiro atoms. The van der Waals surface area contributed by atoms with Gasteiger partial charge in [-0.1, -0.05) is 24.3 Å². The fourth-order valence-corrected chi connectivity index (χ4v) is 3.26. The van der Waals surface area contributed by atoms with Crippen LogP contribution in [0.25, 0.3) is 0 Å². The van der Waals surface area contributed by atoms with Gasteiger partial charge in [-0.25, -0.2) is 4.39 Å². The van der Waals surface area contributed by atoms with Gasteiger partial charge in [0.25, 0.3) is 0 Å². The molecule has 0 saturated heterocycles. The van der Waals surface area contributed by atoms with Crippen LogP contribution in [0.1, 0.15) is 47.6 Å². The fraction of sp³-hybridized carbons (Fsp3) is 0.368. The number of fused-ring (bicyclic) bond motifs is 1. The first-order valence-corrected chi connectivity index (χ1v) is 7.65. The average molecular weight is 283 g/mol. The molecule has 1 nitrogen and oxygen atoms in total. The lowest BCUT2D eigenvalue weighted by atomic mass is 9.81. The minimum Gasteiger partial charge on any atom is -0.318 e. The Balaban J connectivity index is 2.04. The monoisotopic (exact) mass is 283 g/mol. The molecular weight excluding hydrogens is 261 g/mol. The average Bonchev–Trinajstić information content (AvgIpc) is 2.45. The molecule has 0 amide bonds. The highest BCUT2D eigenvalue weighted by molar-refractivity contribution is 5.43. The van der Waals surface area contributed by atoms with Gasteiger partial charge in [-0.3, -0.25) is 0 Å². The van der Waals surface area contributed by atoms with Crippen molar-refractivity contribution in [3.8, 4) is 0 Å². The summed E-state index contributed by atoms with van der Waals surface area (Å²) in [5, 5.41) is 0. The van der Waals surface area contributed by atoms with Crippen molar-refractivity contribution in [3.05, 3.63) is 70.0 Å². The largest absolute Gasteiger partial charge is 0.318 e. The highest BCUT2D eigenvalue weighted by Gasteiger charge is 2.25. The van der Waals surface area contributed by atoms with E-state index in [1.54, 1.807) is 6.07 Å². The van der Waals surface area contributed by atoms with Gasteiger partial charge >= 0.3 is 0 Å². The summed E-state index contributed by atoms with van der Waals surface area (Å²) in [6.45, 7) is 3.86. The molecule has 3 rings (SSSR count). The maximum Gasteiger partial charge on any atom is 0.123 e. The molecule has 110 valence electrons. The Morgan fingerprint density at radius 2 is 1.67 bits per heavy atom. The van der Waals surface area contributed by atoms with E-state index in [2.05, 4.69) is 18.2 Å². The Morgan fingerprint density at radius 1 is 0.952 bits per heavy atom. The first-order valence-electron chi connectivity index (χ1n) is 7.65. The van der Waals surface area contributed by atoms with Crippen molar-refractivity contribution in [2.24, 2.45) is 5.73 Å². The van der Waals surface area contributed by atoms with Crippen LogP contribution >= 0.6 is 0 Å². The fourth-order valence-electron chi connectivity index (χ4n) is 3.26. The normalized spacial score (nSPS) is 17.1. The van der Waals surface area contributed by atoms with E-state index < -0.39 is 5.54 Å². The number of hydrogen-bond acceptors (Lipinski definition) is 1. The SMILES string of the molecule is Cc1cc(F)cc(C(C)(N)c2ccc3c(c2)CCCC3)c1. The Bertz CT molecular complexity index is 653. The highest BCUT2D eigenvalue weighted by atomic mass is 19.1. The van der Waals surface area contributed by atoms with Crippen molar-refractivity contribution < 1.29 is 4.39 Å². The quantitative estimate of drug-likeness (QED) is 0.876. The summed E-state index contributed by atoms with van der Waals surface area (Å²) in [5.41, 5.74) is 11.5. The van der Waals surface area contributed by atoms with Gasteiger partial charge in [-0.15, -0.1) is 0 Å². The molecule has 2 N–H and O–H groups in total. The summed E-state index contributed by atoms with van der Waals surface area (Å²) in [6, 6.07) is 11.6. The van der Waals surface area contributed by atoms with Crippen LogP contribution in [0.2, 0.25) is 0 Å². The molecule has 2 aromatic carbocycles. The Morgan fingerprint density at radius 3 is 2.38 bits per heavy atom. The minimum atomic E-state index is -0.667. The molecule has 0 saturated carbocycles. The molecular formula is C19H22FN. The zero-order valence-electron chi connectivity index (χ0n) is 12.7. The summed E-state index contributed by atoms with van der Waals surface area (Å²) in [6.07, 6.45) is 4.81. The van der Waals surface area contributed by atoms with Gasteiger partial charge in [0.05, 0.1) is 5.54 Å². The Kier molecular flexibility index (Phi) is 3.58. The number of halogens is 1. The molecule has 1 aliphatic rings. The summed E-state index contributed by atoms with van der Waals surface area (Å²) in [5.74, 6) is -0.223. The molecule has 0 aliphatic heterocycles. The molecule has 2 heteroatoms. The van der Waals surface area contributed by atoms with Crippen molar-refractivity contribution in [2.75, 3.05) is 0 Å². The summed E-state index contributed by atoms with van der Waals surface area (Å²) >= 11 is 0. The first kappa shape index (κ1) is 14.3. The van der Waals surface area contributed by atoms with E-state index >= 15 is 0 Å². The lowest BCUT2D eigenvalue weighted by molar-refractivity contribution is 0.577. The van der Waals surface area contributed by atoms with Crippen LogP contribution in [0.15, 0.2) is 36.4 Å². The number of aryl methyl sites for hydroxylation is 3. The summed E-state index contributed by atoms with van der Waals surface area (Å²) in [7, 11) is 0. The van der Waals surface area contributed by atoms with Crippen molar-refractivity contribution in [3.63, 3.8) is 0 Å². The lowest BCUT2D eigenvalue weighted by Gasteiger charge is -2.28. The van der Waals surface area contributed by atoms with Crippen molar-refractivity contribution in [1.82, 2.24) is 0 Å². The number of benzene rings is 2. The predicted octanol–water partition coefficient (Wildman–Crippen LogP) is 4.24. The van der Waals surface area contributed by atoms with E-state index in [-0.39, 0.29) is 5.82 Å². The maximum atomic E-state index is 13.7. The molecule has 21 heavy (non-hydrogen) atoms. The molecule has 1 aliphatic carbocycles. The lowest BCUT2D eigenvalue weighted by Crippen LogP contribution is -2.34. The van der Waals surface area contributed by atoms with Crippen LogP contribution in [-0.4, -0.2) is 0 Å². The van der Waals surface area contributed by atoms with Crippen LogP contribution in [0, 0.1) is 12.7 Å². The van der Waals surface area contributed by atoms with Gasteiger partial charge in [-0.05, 0) is 79.5 Å². The van der Waals surface area contributed by atoms with Crippen LogP contribution in [0.4, 0.5) is 4.39 Å². The maximum absolute atomic E-state index is 13.7. The Hall–Kier alpha value is -1.67.